The molecule has 2 aromatic rings. The average molecular weight is 340 g/mol. The van der Waals surface area contributed by atoms with Crippen LogP contribution in [0, 0.1) is 5.92 Å². The third-order valence-electron chi connectivity index (χ3n) is 4.86. The lowest BCUT2D eigenvalue weighted by Gasteiger charge is -2.34. The minimum atomic E-state index is -0.531. The van der Waals surface area contributed by atoms with Crippen LogP contribution in [-0.2, 0) is 16.0 Å². The summed E-state index contributed by atoms with van der Waals surface area (Å²) in [4.78, 5) is 28.6. The van der Waals surface area contributed by atoms with E-state index in [1.807, 2.05) is 41.3 Å². The van der Waals surface area contributed by atoms with Gasteiger partial charge in [0, 0.05) is 32.5 Å². The molecule has 5 heteroatoms. The van der Waals surface area contributed by atoms with E-state index in [2.05, 4.69) is 4.98 Å². The molecule has 1 aliphatic heterocycles. The van der Waals surface area contributed by atoms with Crippen molar-refractivity contribution in [3.05, 3.63) is 70.1 Å². The van der Waals surface area contributed by atoms with Gasteiger partial charge in [0.25, 0.3) is 5.91 Å². The number of hydrogen-bond acceptors (Lipinski definition) is 3. The Hall–Kier alpha value is -2.40. The Kier molecular flexibility index (Phi) is 5.66. The lowest BCUT2D eigenvalue weighted by molar-refractivity contribution is -0.143. The van der Waals surface area contributed by atoms with E-state index < -0.39 is 6.10 Å². The Morgan fingerprint density at radius 2 is 1.92 bits per heavy atom. The van der Waals surface area contributed by atoms with E-state index in [1.165, 1.54) is 0 Å². The highest BCUT2D eigenvalue weighted by molar-refractivity contribution is 5.82. The Bertz CT molecular complexity index is 729. The van der Waals surface area contributed by atoms with E-state index in [0.29, 0.717) is 5.92 Å². The summed E-state index contributed by atoms with van der Waals surface area (Å²) in [5.41, 5.74) is 1.96. The molecule has 1 aromatic carbocycles. The molecular formula is C20H24N2O3. The fourth-order valence-corrected chi connectivity index (χ4v) is 3.43. The van der Waals surface area contributed by atoms with Crippen LogP contribution in [0.2, 0.25) is 0 Å². The number of methoxy groups -OCH3 is 1. The zero-order valence-corrected chi connectivity index (χ0v) is 14.5. The van der Waals surface area contributed by atoms with Gasteiger partial charge in [0.15, 0.2) is 6.10 Å². The maximum Gasteiger partial charge on any atom is 0.256 e. The number of aromatic nitrogens is 1. The number of carbonyl (C=O) groups is 1. The molecule has 1 fully saturated rings. The van der Waals surface area contributed by atoms with Crippen LogP contribution in [0.15, 0.2) is 53.5 Å². The van der Waals surface area contributed by atoms with E-state index in [0.717, 1.165) is 43.5 Å². The molecule has 1 atom stereocenters. The number of aromatic amines is 1. The molecule has 25 heavy (non-hydrogen) atoms. The second-order valence-electron chi connectivity index (χ2n) is 6.56. The summed E-state index contributed by atoms with van der Waals surface area (Å²) in [5, 5.41) is 0. The number of carbonyl (C=O) groups excluding carboxylic acids is 1. The summed E-state index contributed by atoms with van der Waals surface area (Å²) in [6.45, 7) is 1.50. The van der Waals surface area contributed by atoms with E-state index in [1.54, 1.807) is 19.4 Å². The average Bonchev–Trinajstić information content (AvgIpc) is 2.66. The number of H-pyrrole nitrogens is 1. The molecule has 0 bridgehead atoms. The summed E-state index contributed by atoms with van der Waals surface area (Å²) in [6.07, 6.45) is 4.13. The van der Waals surface area contributed by atoms with Crippen LogP contribution in [0.5, 0.6) is 0 Å². The van der Waals surface area contributed by atoms with Crippen molar-refractivity contribution in [1.29, 1.82) is 0 Å². The number of piperidine rings is 1. The zero-order valence-electron chi connectivity index (χ0n) is 14.5. The second-order valence-corrected chi connectivity index (χ2v) is 6.56. The number of rotatable bonds is 5. The summed E-state index contributed by atoms with van der Waals surface area (Å²) in [5.74, 6) is 0.573. The van der Waals surface area contributed by atoms with Crippen LogP contribution in [0.25, 0.3) is 0 Å². The molecule has 1 saturated heterocycles. The largest absolute Gasteiger partial charge is 0.367 e. The molecule has 0 spiro atoms. The van der Waals surface area contributed by atoms with Gasteiger partial charge < -0.3 is 14.6 Å². The quantitative estimate of drug-likeness (QED) is 0.910. The van der Waals surface area contributed by atoms with E-state index in [-0.39, 0.29) is 11.5 Å². The van der Waals surface area contributed by atoms with Crippen LogP contribution >= 0.6 is 0 Å². The third-order valence-corrected chi connectivity index (χ3v) is 4.86. The zero-order chi connectivity index (χ0) is 17.6. The first-order valence-electron chi connectivity index (χ1n) is 8.71. The van der Waals surface area contributed by atoms with Crippen LogP contribution in [-0.4, -0.2) is 36.0 Å². The summed E-state index contributed by atoms with van der Waals surface area (Å²) in [7, 11) is 1.58. The number of hydrogen-bond donors (Lipinski definition) is 1. The lowest BCUT2D eigenvalue weighted by Crippen LogP contribution is -2.41. The number of pyridine rings is 1. The van der Waals surface area contributed by atoms with Gasteiger partial charge in [-0.05, 0) is 36.3 Å². The van der Waals surface area contributed by atoms with Crippen molar-refractivity contribution in [3.63, 3.8) is 0 Å². The van der Waals surface area contributed by atoms with Gasteiger partial charge in [-0.25, -0.2) is 0 Å². The van der Waals surface area contributed by atoms with E-state index >= 15 is 0 Å². The molecule has 0 aliphatic carbocycles. The molecule has 3 rings (SSSR count). The van der Waals surface area contributed by atoms with Crippen LogP contribution in [0.4, 0.5) is 0 Å². The topological polar surface area (TPSA) is 62.4 Å². The van der Waals surface area contributed by atoms with Crippen molar-refractivity contribution >= 4 is 5.91 Å². The molecular weight excluding hydrogens is 316 g/mol. The molecule has 0 saturated carbocycles. The minimum Gasteiger partial charge on any atom is -0.367 e. The molecule has 1 amide bonds. The smallest absolute Gasteiger partial charge is 0.256 e. The summed E-state index contributed by atoms with van der Waals surface area (Å²) < 4.78 is 5.46. The second kappa shape index (κ2) is 8.12. The standard InChI is InChI=1S/C20H24N2O3/c1-25-19(17-5-3-2-4-6-17)20(24)22-11-9-15(10-12-22)13-16-7-8-18(23)21-14-16/h2-8,14-15,19H,9-13H2,1H3,(H,21,23). The molecule has 1 aliphatic rings. The molecule has 1 unspecified atom stereocenters. The Morgan fingerprint density at radius 1 is 1.20 bits per heavy atom. The predicted octanol–water partition coefficient (Wildman–Crippen LogP) is 2.54. The van der Waals surface area contributed by atoms with Crippen molar-refractivity contribution in [3.8, 4) is 0 Å². The number of amides is 1. The summed E-state index contributed by atoms with van der Waals surface area (Å²) >= 11 is 0. The van der Waals surface area contributed by atoms with Crippen LogP contribution < -0.4 is 5.56 Å². The predicted molar refractivity (Wildman–Crippen MR) is 96.3 cm³/mol. The number of nitrogens with zero attached hydrogens (tertiary/aromatic N) is 1. The molecule has 0 radical (unpaired) electrons. The van der Waals surface area contributed by atoms with Crippen molar-refractivity contribution in [2.45, 2.75) is 25.4 Å². The SMILES string of the molecule is COC(C(=O)N1CCC(Cc2ccc(=O)[nH]c2)CC1)c1ccccc1. The van der Waals surface area contributed by atoms with Crippen molar-refractivity contribution in [2.75, 3.05) is 20.2 Å². The monoisotopic (exact) mass is 340 g/mol. The fraction of sp³-hybridized carbons (Fsp3) is 0.400. The highest BCUT2D eigenvalue weighted by Gasteiger charge is 2.29. The molecule has 1 N–H and O–H groups in total. The van der Waals surface area contributed by atoms with Crippen molar-refractivity contribution in [2.24, 2.45) is 5.92 Å². The highest BCUT2D eigenvalue weighted by atomic mass is 16.5. The van der Waals surface area contributed by atoms with Gasteiger partial charge in [-0.2, -0.15) is 0 Å². The van der Waals surface area contributed by atoms with Gasteiger partial charge in [-0.3, -0.25) is 9.59 Å². The van der Waals surface area contributed by atoms with Crippen molar-refractivity contribution in [1.82, 2.24) is 9.88 Å². The van der Waals surface area contributed by atoms with Crippen LogP contribution in [0.1, 0.15) is 30.1 Å². The van der Waals surface area contributed by atoms with Gasteiger partial charge in [-0.1, -0.05) is 36.4 Å². The van der Waals surface area contributed by atoms with Gasteiger partial charge >= 0.3 is 0 Å². The number of ether oxygens (including phenoxy) is 1. The Balaban J connectivity index is 1.56. The first-order valence-corrected chi connectivity index (χ1v) is 8.71. The van der Waals surface area contributed by atoms with Gasteiger partial charge in [-0.15, -0.1) is 0 Å². The first kappa shape index (κ1) is 17.4. The van der Waals surface area contributed by atoms with Crippen molar-refractivity contribution < 1.29 is 9.53 Å². The molecule has 5 nitrogen and oxygen atoms in total. The summed E-state index contributed by atoms with van der Waals surface area (Å²) in [6, 6.07) is 13.1. The maximum absolute atomic E-state index is 12.8. The van der Waals surface area contributed by atoms with Gasteiger partial charge in [0.05, 0.1) is 0 Å². The Morgan fingerprint density at radius 3 is 2.52 bits per heavy atom. The molecule has 132 valence electrons. The first-order chi connectivity index (χ1) is 12.2. The highest BCUT2D eigenvalue weighted by Crippen LogP contribution is 2.25. The normalized spacial score (nSPS) is 16.6. The van der Waals surface area contributed by atoms with Gasteiger partial charge in [0.1, 0.15) is 0 Å². The number of nitrogens with one attached hydrogen (secondary N) is 1. The minimum absolute atomic E-state index is 0.0381. The lowest BCUT2D eigenvalue weighted by atomic mass is 9.90. The third kappa shape index (κ3) is 4.37. The van der Waals surface area contributed by atoms with Gasteiger partial charge in [0.2, 0.25) is 5.56 Å². The molecule has 1 aromatic heterocycles. The van der Waals surface area contributed by atoms with Crippen LogP contribution in [0.3, 0.4) is 0 Å². The number of benzene rings is 1. The maximum atomic E-state index is 12.8. The van der Waals surface area contributed by atoms with E-state index in [9.17, 15) is 9.59 Å². The fourth-order valence-electron chi connectivity index (χ4n) is 3.43. The Labute approximate surface area is 147 Å². The number of likely N-dealkylation sites (tertiary alicyclic amines) is 1. The molecule has 2 heterocycles. The van der Waals surface area contributed by atoms with E-state index in [4.69, 9.17) is 4.74 Å².